The Morgan fingerprint density at radius 1 is 0.556 bits per heavy atom. The summed E-state index contributed by atoms with van der Waals surface area (Å²) < 4.78 is 12.6. The third-order valence-electron chi connectivity index (χ3n) is 4.54. The predicted molar refractivity (Wildman–Crippen MR) is 111 cm³/mol. The number of benzene rings is 3. The van der Waals surface area contributed by atoms with E-state index in [9.17, 15) is 0 Å². The van der Waals surface area contributed by atoms with Crippen molar-refractivity contribution in [2.24, 2.45) is 0 Å². The van der Waals surface area contributed by atoms with Crippen LogP contribution in [0.1, 0.15) is 22.3 Å². The average molecular weight is 440 g/mol. The molecule has 0 fully saturated rings. The first-order valence-corrected chi connectivity index (χ1v) is 9.73. The molecule has 0 saturated heterocycles. The lowest BCUT2D eigenvalue weighted by Crippen LogP contribution is -2.36. The van der Waals surface area contributed by atoms with E-state index in [1.54, 1.807) is 0 Å². The molecule has 2 nitrogen and oxygen atoms in total. The molecule has 138 valence electrons. The molecular weight excluding hydrogens is 426 g/mol. The van der Waals surface area contributed by atoms with Crippen LogP contribution in [0.15, 0.2) is 48.5 Å². The van der Waals surface area contributed by atoms with Crippen LogP contribution in [0.4, 0.5) is 0 Å². The van der Waals surface area contributed by atoms with Crippen molar-refractivity contribution >= 4 is 46.4 Å². The first-order chi connectivity index (χ1) is 12.8. The summed E-state index contributed by atoms with van der Waals surface area (Å²) in [6, 6.07) is 15.8. The van der Waals surface area contributed by atoms with Gasteiger partial charge in [-0.25, -0.2) is 0 Å². The number of fused-ring (bicyclic) bond motifs is 1. The van der Waals surface area contributed by atoms with E-state index in [0.29, 0.717) is 0 Å². The van der Waals surface area contributed by atoms with Gasteiger partial charge in [0.1, 0.15) is 10.0 Å². The van der Waals surface area contributed by atoms with Gasteiger partial charge in [0.25, 0.3) is 0 Å². The summed E-state index contributed by atoms with van der Waals surface area (Å²) >= 11 is 25.2. The van der Waals surface area contributed by atoms with E-state index >= 15 is 0 Å². The maximum Gasteiger partial charge on any atom is 0.305 e. The number of aryl methyl sites for hydroxylation is 2. The smallest absolute Gasteiger partial charge is 0.305 e. The second-order valence-corrected chi connectivity index (χ2v) is 7.98. The summed E-state index contributed by atoms with van der Waals surface area (Å²) in [4.78, 5) is 0. The van der Waals surface area contributed by atoms with Crippen molar-refractivity contribution in [1.82, 2.24) is 0 Å². The number of halogens is 4. The molecule has 0 amide bonds. The van der Waals surface area contributed by atoms with Gasteiger partial charge in [0, 0.05) is 11.1 Å². The van der Waals surface area contributed by atoms with Crippen molar-refractivity contribution < 1.29 is 9.47 Å². The second-order valence-electron chi connectivity index (χ2n) is 6.47. The van der Waals surface area contributed by atoms with Crippen molar-refractivity contribution in [1.29, 1.82) is 0 Å². The Labute approximate surface area is 177 Å². The maximum atomic E-state index is 6.39. The Kier molecular flexibility index (Phi) is 4.72. The molecule has 0 aliphatic carbocycles. The highest BCUT2D eigenvalue weighted by Crippen LogP contribution is 2.58. The van der Waals surface area contributed by atoms with Gasteiger partial charge in [0.2, 0.25) is 0 Å². The average Bonchev–Trinajstić information content (AvgIpc) is 3.08. The van der Waals surface area contributed by atoms with Gasteiger partial charge in [-0.3, -0.25) is 0 Å². The number of hydrogen-bond acceptors (Lipinski definition) is 2. The fourth-order valence-corrected chi connectivity index (χ4v) is 3.93. The summed E-state index contributed by atoms with van der Waals surface area (Å²) in [5, 5.41) is 0.605. The fourth-order valence-electron chi connectivity index (χ4n) is 3.03. The molecule has 1 heterocycles. The van der Waals surface area contributed by atoms with Crippen LogP contribution in [0.25, 0.3) is 0 Å². The fraction of sp³-hybridized carbons (Fsp3) is 0.143. The first kappa shape index (κ1) is 18.8. The molecule has 0 bridgehead atoms. The van der Waals surface area contributed by atoms with Crippen LogP contribution in [-0.2, 0) is 5.79 Å². The molecule has 27 heavy (non-hydrogen) atoms. The van der Waals surface area contributed by atoms with Crippen LogP contribution in [-0.4, -0.2) is 0 Å². The molecule has 6 heteroatoms. The summed E-state index contributed by atoms with van der Waals surface area (Å²) in [6.07, 6.45) is 0. The summed E-state index contributed by atoms with van der Waals surface area (Å²) in [7, 11) is 0. The normalized spacial score (nSPS) is 14.4. The van der Waals surface area contributed by atoms with E-state index in [-0.39, 0.29) is 31.6 Å². The quantitative estimate of drug-likeness (QED) is 0.302. The molecule has 3 aromatic carbocycles. The molecule has 1 aliphatic heterocycles. The summed E-state index contributed by atoms with van der Waals surface area (Å²) in [6.45, 7) is 4.03. The molecule has 3 aromatic rings. The maximum absolute atomic E-state index is 6.39. The van der Waals surface area contributed by atoms with Gasteiger partial charge in [-0.05, 0) is 13.8 Å². The Morgan fingerprint density at radius 2 is 0.889 bits per heavy atom. The van der Waals surface area contributed by atoms with E-state index in [2.05, 4.69) is 0 Å². The van der Waals surface area contributed by atoms with Gasteiger partial charge in [-0.1, -0.05) is 106 Å². The Bertz CT molecular complexity index is 943. The monoisotopic (exact) mass is 438 g/mol. The molecular formula is C21H14Cl4O2. The molecule has 1 aliphatic rings. The minimum absolute atomic E-state index is 0.134. The standard InChI is InChI=1S/C21H14Cl4O2/c1-11-3-7-13(8-4-11)21(14-9-5-12(2)6-10-14)26-19-17(24)15(22)16(23)18(25)20(19)27-21/h3-10H,1-2H3. The van der Waals surface area contributed by atoms with Crippen LogP contribution >= 0.6 is 46.4 Å². The molecule has 0 unspecified atom stereocenters. The number of ether oxygens (including phenoxy) is 2. The minimum atomic E-state index is -1.25. The molecule has 0 aromatic heterocycles. The SMILES string of the molecule is Cc1ccc(C2(c3ccc(C)cc3)Oc3c(Cl)c(Cl)c(Cl)c(Cl)c3O2)cc1. The van der Waals surface area contributed by atoms with Crippen LogP contribution < -0.4 is 9.47 Å². The van der Waals surface area contributed by atoms with Crippen LogP contribution in [0, 0.1) is 13.8 Å². The van der Waals surface area contributed by atoms with Crippen molar-refractivity contribution in [3.63, 3.8) is 0 Å². The van der Waals surface area contributed by atoms with Gasteiger partial charge in [-0.2, -0.15) is 0 Å². The number of hydrogen-bond donors (Lipinski definition) is 0. The Balaban J connectivity index is 1.96. The molecule has 0 N–H and O–H groups in total. The van der Waals surface area contributed by atoms with Crippen molar-refractivity contribution in [2.45, 2.75) is 19.6 Å². The van der Waals surface area contributed by atoms with E-state index in [0.717, 1.165) is 22.3 Å². The van der Waals surface area contributed by atoms with Crippen molar-refractivity contribution in [2.75, 3.05) is 0 Å². The van der Waals surface area contributed by atoms with Gasteiger partial charge in [0.15, 0.2) is 11.5 Å². The zero-order chi connectivity index (χ0) is 19.3. The molecule has 0 saturated carbocycles. The molecule has 4 rings (SSSR count). The number of rotatable bonds is 2. The van der Waals surface area contributed by atoms with E-state index in [1.807, 2.05) is 62.4 Å². The zero-order valence-corrected chi connectivity index (χ0v) is 17.5. The highest BCUT2D eigenvalue weighted by atomic mass is 35.5. The van der Waals surface area contributed by atoms with Crippen molar-refractivity contribution in [3.8, 4) is 11.5 Å². The lowest BCUT2D eigenvalue weighted by molar-refractivity contribution is -0.0458. The molecule has 0 spiro atoms. The van der Waals surface area contributed by atoms with Gasteiger partial charge in [0.05, 0.1) is 10.0 Å². The first-order valence-electron chi connectivity index (χ1n) is 8.22. The van der Waals surface area contributed by atoms with Crippen LogP contribution in [0.5, 0.6) is 11.5 Å². The zero-order valence-electron chi connectivity index (χ0n) is 14.4. The van der Waals surface area contributed by atoms with Crippen LogP contribution in [0.3, 0.4) is 0 Å². The summed E-state index contributed by atoms with van der Waals surface area (Å²) in [5.74, 6) is -0.695. The Morgan fingerprint density at radius 3 is 1.22 bits per heavy atom. The van der Waals surface area contributed by atoms with E-state index in [1.165, 1.54) is 0 Å². The Hall–Kier alpha value is -1.58. The van der Waals surface area contributed by atoms with E-state index < -0.39 is 5.79 Å². The second kappa shape index (κ2) is 6.79. The highest BCUT2D eigenvalue weighted by Gasteiger charge is 2.48. The highest BCUT2D eigenvalue weighted by molar-refractivity contribution is 6.53. The minimum Gasteiger partial charge on any atom is -0.439 e. The topological polar surface area (TPSA) is 18.5 Å². The van der Waals surface area contributed by atoms with Crippen molar-refractivity contribution in [3.05, 3.63) is 90.9 Å². The lowest BCUT2D eigenvalue weighted by Gasteiger charge is -2.29. The largest absolute Gasteiger partial charge is 0.439 e. The van der Waals surface area contributed by atoms with Gasteiger partial charge < -0.3 is 9.47 Å². The third kappa shape index (κ3) is 2.96. The van der Waals surface area contributed by atoms with Gasteiger partial charge in [-0.15, -0.1) is 0 Å². The van der Waals surface area contributed by atoms with E-state index in [4.69, 9.17) is 55.9 Å². The molecule has 0 radical (unpaired) electrons. The lowest BCUT2D eigenvalue weighted by atomic mass is 9.95. The molecule has 0 atom stereocenters. The predicted octanol–water partition coefficient (Wildman–Crippen LogP) is 7.59. The van der Waals surface area contributed by atoms with Gasteiger partial charge >= 0.3 is 5.79 Å². The van der Waals surface area contributed by atoms with Crippen LogP contribution in [0.2, 0.25) is 20.1 Å². The summed E-state index contributed by atoms with van der Waals surface area (Å²) in [5.41, 5.74) is 3.84. The third-order valence-corrected chi connectivity index (χ3v) is 6.31.